The van der Waals surface area contributed by atoms with E-state index in [4.69, 9.17) is 4.74 Å². The van der Waals surface area contributed by atoms with Crippen LogP contribution in [0.1, 0.15) is 45.4 Å². The fraction of sp³-hybridized carbons (Fsp3) is 0.867. The van der Waals surface area contributed by atoms with Gasteiger partial charge in [-0.3, -0.25) is 0 Å². The molecule has 6 nitrogen and oxygen atoms in total. The second kappa shape index (κ2) is 7.11. The molecular weight excluding hydrogens is 272 g/mol. The first-order valence-electron chi connectivity index (χ1n) is 7.85. The summed E-state index contributed by atoms with van der Waals surface area (Å²) in [4.78, 5) is 25.6. The normalized spacial score (nSPS) is 29.8. The number of rotatable bonds is 5. The average Bonchev–Trinajstić information content (AvgIpc) is 2.84. The lowest BCUT2D eigenvalue weighted by molar-refractivity contribution is -0.141. The Balaban J connectivity index is 2.02. The first-order chi connectivity index (χ1) is 10.0. The second-order valence-corrected chi connectivity index (χ2v) is 6.24. The highest BCUT2D eigenvalue weighted by molar-refractivity contribution is 5.84. The molecular formula is C15H26N2O4. The maximum atomic E-state index is 12.5. The quantitative estimate of drug-likeness (QED) is 0.811. The van der Waals surface area contributed by atoms with E-state index in [0.29, 0.717) is 18.9 Å². The third-order valence-corrected chi connectivity index (χ3v) is 4.73. The molecule has 120 valence electrons. The highest BCUT2D eigenvalue weighted by Crippen LogP contribution is 2.39. The van der Waals surface area contributed by atoms with Gasteiger partial charge in [-0.15, -0.1) is 0 Å². The topological polar surface area (TPSA) is 78.9 Å². The van der Waals surface area contributed by atoms with E-state index in [2.05, 4.69) is 5.32 Å². The van der Waals surface area contributed by atoms with E-state index in [0.717, 1.165) is 32.1 Å². The number of hydrogen-bond donors (Lipinski definition) is 2. The van der Waals surface area contributed by atoms with E-state index in [1.54, 1.807) is 12.0 Å². The van der Waals surface area contributed by atoms with Crippen molar-refractivity contribution < 1.29 is 19.4 Å². The maximum Gasteiger partial charge on any atom is 0.326 e. The minimum atomic E-state index is -0.885. The van der Waals surface area contributed by atoms with Gasteiger partial charge in [0.25, 0.3) is 0 Å². The molecule has 2 fully saturated rings. The summed E-state index contributed by atoms with van der Waals surface area (Å²) in [6.07, 6.45) is 5.51. The van der Waals surface area contributed by atoms with E-state index in [-0.39, 0.29) is 18.1 Å². The van der Waals surface area contributed by atoms with Gasteiger partial charge in [0.05, 0.1) is 0 Å². The van der Waals surface area contributed by atoms with Crippen molar-refractivity contribution in [1.82, 2.24) is 10.2 Å². The zero-order valence-corrected chi connectivity index (χ0v) is 12.9. The fourth-order valence-corrected chi connectivity index (χ4v) is 3.62. The number of hydrogen-bond acceptors (Lipinski definition) is 3. The minimum Gasteiger partial charge on any atom is -0.480 e. The predicted molar refractivity (Wildman–Crippen MR) is 78.1 cm³/mol. The summed E-state index contributed by atoms with van der Waals surface area (Å²) in [7, 11) is 1.63. The number of methoxy groups -OCH3 is 1. The Bertz CT molecular complexity index is 388. The Kier molecular flexibility index (Phi) is 5.45. The maximum absolute atomic E-state index is 12.5. The number of amides is 2. The van der Waals surface area contributed by atoms with Gasteiger partial charge in [0.1, 0.15) is 6.04 Å². The van der Waals surface area contributed by atoms with Gasteiger partial charge >= 0.3 is 12.0 Å². The summed E-state index contributed by atoms with van der Waals surface area (Å²) in [5.41, 5.74) is 0. The third kappa shape index (κ3) is 3.67. The number of likely N-dealkylation sites (tertiary alicyclic amines) is 1. The smallest absolute Gasteiger partial charge is 0.326 e. The molecule has 0 aromatic heterocycles. The van der Waals surface area contributed by atoms with E-state index in [1.165, 1.54) is 0 Å². The summed E-state index contributed by atoms with van der Waals surface area (Å²) in [5, 5.41) is 12.3. The molecule has 21 heavy (non-hydrogen) atoms. The molecule has 2 aliphatic rings. The Morgan fingerprint density at radius 3 is 2.76 bits per heavy atom. The van der Waals surface area contributed by atoms with Crippen molar-refractivity contribution in [2.24, 2.45) is 5.92 Å². The van der Waals surface area contributed by atoms with Crippen molar-refractivity contribution in [3.05, 3.63) is 0 Å². The van der Waals surface area contributed by atoms with Gasteiger partial charge in [0, 0.05) is 25.8 Å². The molecule has 4 atom stereocenters. The van der Waals surface area contributed by atoms with E-state index in [9.17, 15) is 14.7 Å². The molecule has 2 amide bonds. The molecule has 6 heteroatoms. The van der Waals surface area contributed by atoms with Crippen molar-refractivity contribution >= 4 is 12.0 Å². The number of carboxylic acids is 1. The number of ether oxygens (including phenoxy) is 1. The zero-order chi connectivity index (χ0) is 15.4. The zero-order valence-electron chi connectivity index (χ0n) is 12.9. The largest absolute Gasteiger partial charge is 0.480 e. The van der Waals surface area contributed by atoms with Crippen LogP contribution in [0.5, 0.6) is 0 Å². The van der Waals surface area contributed by atoms with E-state index in [1.807, 2.05) is 6.92 Å². The molecule has 1 saturated heterocycles. The molecule has 0 aromatic carbocycles. The average molecular weight is 298 g/mol. The second-order valence-electron chi connectivity index (χ2n) is 6.24. The number of nitrogens with zero attached hydrogens (tertiary/aromatic N) is 1. The van der Waals surface area contributed by atoms with Crippen molar-refractivity contribution in [2.75, 3.05) is 13.7 Å². The highest BCUT2D eigenvalue weighted by Gasteiger charge is 2.47. The van der Waals surface area contributed by atoms with Crippen LogP contribution in [-0.2, 0) is 9.53 Å². The molecule has 2 N–H and O–H groups in total. The van der Waals surface area contributed by atoms with Crippen LogP contribution in [0.3, 0.4) is 0 Å². The number of carboxylic acid groups (broad SMARTS) is 1. The van der Waals surface area contributed by atoms with Gasteiger partial charge in [0.15, 0.2) is 0 Å². The Labute approximate surface area is 125 Å². The molecule has 0 spiro atoms. The van der Waals surface area contributed by atoms with Crippen LogP contribution in [0.2, 0.25) is 0 Å². The van der Waals surface area contributed by atoms with E-state index < -0.39 is 12.0 Å². The first kappa shape index (κ1) is 16.1. The molecule has 1 saturated carbocycles. The van der Waals surface area contributed by atoms with Crippen molar-refractivity contribution in [3.8, 4) is 0 Å². The van der Waals surface area contributed by atoms with Crippen LogP contribution in [0.25, 0.3) is 0 Å². The summed E-state index contributed by atoms with van der Waals surface area (Å²) >= 11 is 0. The molecule has 1 heterocycles. The van der Waals surface area contributed by atoms with Crippen LogP contribution < -0.4 is 5.32 Å². The fourth-order valence-electron chi connectivity index (χ4n) is 3.62. The number of urea groups is 1. The predicted octanol–water partition coefficient (Wildman–Crippen LogP) is 1.84. The number of carbonyl (C=O) groups excluding carboxylic acids is 1. The molecule has 1 aliphatic carbocycles. The van der Waals surface area contributed by atoms with Gasteiger partial charge in [-0.1, -0.05) is 12.8 Å². The van der Waals surface area contributed by atoms with Gasteiger partial charge in [0.2, 0.25) is 0 Å². The standard InChI is InChI=1S/C15H26N2O4/c1-10(7-8-21-2)16-15(20)17-12-6-4-3-5-11(12)9-13(17)14(18)19/h10-13H,3-9H2,1-2H3,(H,16,20)(H,18,19). The van der Waals surface area contributed by atoms with Crippen LogP contribution in [-0.4, -0.2) is 53.8 Å². The summed E-state index contributed by atoms with van der Waals surface area (Å²) < 4.78 is 5.01. The molecule has 0 aromatic rings. The number of carbonyl (C=O) groups is 2. The van der Waals surface area contributed by atoms with Crippen LogP contribution in [0.4, 0.5) is 4.79 Å². The van der Waals surface area contributed by atoms with Crippen LogP contribution in [0.15, 0.2) is 0 Å². The third-order valence-electron chi connectivity index (χ3n) is 4.73. The molecule has 2 rings (SSSR count). The van der Waals surface area contributed by atoms with Crippen molar-refractivity contribution in [3.63, 3.8) is 0 Å². The lowest BCUT2D eigenvalue weighted by Crippen LogP contribution is -2.52. The molecule has 0 bridgehead atoms. The number of aliphatic carboxylic acids is 1. The van der Waals surface area contributed by atoms with E-state index >= 15 is 0 Å². The number of fused-ring (bicyclic) bond motifs is 1. The SMILES string of the molecule is COCCC(C)NC(=O)N1C(C(=O)O)CC2CCCCC21. The molecule has 0 radical (unpaired) electrons. The Morgan fingerprint density at radius 1 is 1.38 bits per heavy atom. The number of nitrogens with one attached hydrogen (secondary N) is 1. The first-order valence-corrected chi connectivity index (χ1v) is 7.85. The summed E-state index contributed by atoms with van der Waals surface area (Å²) in [6, 6.07) is -0.836. The van der Waals surface area contributed by atoms with Gasteiger partial charge in [-0.2, -0.15) is 0 Å². The lowest BCUT2D eigenvalue weighted by atomic mass is 9.85. The minimum absolute atomic E-state index is 0.0189. The van der Waals surface area contributed by atoms with Gasteiger partial charge < -0.3 is 20.1 Å². The van der Waals surface area contributed by atoms with Gasteiger partial charge in [-0.25, -0.2) is 9.59 Å². The lowest BCUT2D eigenvalue weighted by Gasteiger charge is -2.33. The summed E-state index contributed by atoms with van der Waals surface area (Å²) in [5.74, 6) is -0.538. The molecule has 1 aliphatic heterocycles. The Hall–Kier alpha value is -1.30. The Morgan fingerprint density at radius 2 is 2.10 bits per heavy atom. The molecule has 4 unspecified atom stereocenters. The summed E-state index contributed by atoms with van der Waals surface area (Å²) in [6.45, 7) is 2.50. The van der Waals surface area contributed by atoms with Gasteiger partial charge in [-0.05, 0) is 38.5 Å². The van der Waals surface area contributed by atoms with Crippen molar-refractivity contribution in [2.45, 2.75) is 63.6 Å². The van der Waals surface area contributed by atoms with Crippen LogP contribution in [0, 0.1) is 5.92 Å². The monoisotopic (exact) mass is 298 g/mol. The van der Waals surface area contributed by atoms with Crippen molar-refractivity contribution in [1.29, 1.82) is 0 Å². The highest BCUT2D eigenvalue weighted by atomic mass is 16.5. The van der Waals surface area contributed by atoms with Crippen LogP contribution >= 0.6 is 0 Å².